The van der Waals surface area contributed by atoms with Gasteiger partial charge in [-0.25, -0.2) is 9.37 Å². The molecule has 0 spiro atoms. The highest BCUT2D eigenvalue weighted by molar-refractivity contribution is 5.78. The number of aryl methyl sites for hydroxylation is 2. The molecule has 0 aliphatic carbocycles. The van der Waals surface area contributed by atoms with Gasteiger partial charge in [-0.3, -0.25) is 0 Å². The van der Waals surface area contributed by atoms with Crippen molar-refractivity contribution < 1.29 is 8.81 Å². The topological polar surface area (TPSA) is 57.0 Å². The Hall–Kier alpha value is -2.30. The van der Waals surface area contributed by atoms with Gasteiger partial charge < -0.3 is 14.7 Å². The van der Waals surface area contributed by atoms with E-state index in [1.807, 2.05) is 16.7 Å². The third-order valence-electron chi connectivity index (χ3n) is 2.90. The Labute approximate surface area is 103 Å². The molecule has 0 aliphatic heterocycles. The first kappa shape index (κ1) is 10.8. The Kier molecular flexibility index (Phi) is 2.51. The van der Waals surface area contributed by atoms with E-state index >= 15 is 0 Å². The zero-order valence-electron chi connectivity index (χ0n) is 9.64. The van der Waals surface area contributed by atoms with E-state index in [0.29, 0.717) is 18.0 Å². The molecule has 0 amide bonds. The van der Waals surface area contributed by atoms with Crippen molar-refractivity contribution in [1.29, 1.82) is 0 Å². The zero-order chi connectivity index (χ0) is 12.5. The van der Waals surface area contributed by atoms with Crippen molar-refractivity contribution in [2.24, 2.45) is 0 Å². The lowest BCUT2D eigenvalue weighted by Crippen LogP contribution is -2.05. The summed E-state index contributed by atoms with van der Waals surface area (Å²) in [5.74, 6) is 0.971. The maximum absolute atomic E-state index is 13.1. The Morgan fingerprint density at radius 1 is 1.33 bits per heavy atom. The Bertz CT molecular complexity index is 673. The van der Waals surface area contributed by atoms with Crippen LogP contribution in [0.25, 0.3) is 11.0 Å². The minimum Gasteiger partial charge on any atom is -0.469 e. The second-order valence-electron chi connectivity index (χ2n) is 4.08. The fourth-order valence-electron chi connectivity index (χ4n) is 2.03. The van der Waals surface area contributed by atoms with Crippen molar-refractivity contribution in [2.75, 3.05) is 5.73 Å². The number of nitrogens with two attached hydrogens (primary N) is 1. The number of nitrogen functional groups attached to an aromatic ring is 1. The maximum Gasteiger partial charge on any atom is 0.201 e. The van der Waals surface area contributed by atoms with E-state index in [2.05, 4.69) is 4.98 Å². The highest BCUT2D eigenvalue weighted by atomic mass is 19.1. The Balaban J connectivity index is 1.93. The first-order valence-electron chi connectivity index (χ1n) is 5.68. The number of anilines is 1. The van der Waals surface area contributed by atoms with Crippen LogP contribution in [0.2, 0.25) is 0 Å². The molecule has 0 aliphatic rings. The number of fused-ring (bicyclic) bond motifs is 1. The largest absolute Gasteiger partial charge is 0.469 e. The quantitative estimate of drug-likeness (QED) is 0.771. The average Bonchev–Trinajstić information content (AvgIpc) is 2.93. The molecule has 0 atom stereocenters. The first-order valence-corrected chi connectivity index (χ1v) is 5.68. The molecule has 0 saturated heterocycles. The number of nitrogens with zero attached hydrogens (tertiary/aromatic N) is 2. The lowest BCUT2D eigenvalue weighted by Gasteiger charge is -2.04. The van der Waals surface area contributed by atoms with Gasteiger partial charge in [0.1, 0.15) is 11.6 Å². The van der Waals surface area contributed by atoms with Crippen molar-refractivity contribution in [3.8, 4) is 0 Å². The summed E-state index contributed by atoms with van der Waals surface area (Å²) in [6.45, 7) is 0.654. The number of imidazole rings is 1. The summed E-state index contributed by atoms with van der Waals surface area (Å²) in [6, 6.07) is 8.24. The van der Waals surface area contributed by atoms with Gasteiger partial charge in [0.05, 0.1) is 17.3 Å². The highest BCUT2D eigenvalue weighted by Crippen LogP contribution is 2.19. The van der Waals surface area contributed by atoms with E-state index in [1.165, 1.54) is 12.1 Å². The Morgan fingerprint density at radius 2 is 2.22 bits per heavy atom. The van der Waals surface area contributed by atoms with Gasteiger partial charge in [-0.05, 0) is 24.3 Å². The molecule has 0 unspecified atom stereocenters. The minimum absolute atomic E-state index is 0.307. The lowest BCUT2D eigenvalue weighted by molar-refractivity contribution is 0.494. The fourth-order valence-corrected chi connectivity index (χ4v) is 2.03. The maximum atomic E-state index is 13.1. The molecule has 2 aromatic heterocycles. The van der Waals surface area contributed by atoms with Crippen LogP contribution in [0.4, 0.5) is 10.3 Å². The van der Waals surface area contributed by atoms with Crippen LogP contribution >= 0.6 is 0 Å². The zero-order valence-corrected chi connectivity index (χ0v) is 9.64. The van der Waals surface area contributed by atoms with E-state index < -0.39 is 0 Å². The van der Waals surface area contributed by atoms with Gasteiger partial charge in [0, 0.05) is 19.0 Å². The molecule has 3 rings (SSSR count). The second-order valence-corrected chi connectivity index (χ2v) is 4.08. The van der Waals surface area contributed by atoms with Crippen LogP contribution in [-0.2, 0) is 13.0 Å². The molecule has 92 valence electrons. The normalized spacial score (nSPS) is 11.2. The molecular weight excluding hydrogens is 233 g/mol. The molecule has 0 bridgehead atoms. The average molecular weight is 245 g/mol. The molecule has 0 radical (unpaired) electrons. The molecule has 2 N–H and O–H groups in total. The van der Waals surface area contributed by atoms with Crippen molar-refractivity contribution >= 4 is 17.0 Å². The molecule has 0 saturated carbocycles. The summed E-state index contributed by atoms with van der Waals surface area (Å²) in [5, 5.41) is 0. The van der Waals surface area contributed by atoms with Crippen molar-refractivity contribution in [2.45, 2.75) is 13.0 Å². The number of hydrogen-bond donors (Lipinski definition) is 1. The van der Waals surface area contributed by atoms with Crippen LogP contribution in [0.15, 0.2) is 41.0 Å². The number of rotatable bonds is 3. The minimum atomic E-state index is -0.307. The summed E-state index contributed by atoms with van der Waals surface area (Å²) < 4.78 is 20.2. The van der Waals surface area contributed by atoms with E-state index in [0.717, 1.165) is 17.7 Å². The van der Waals surface area contributed by atoms with Crippen molar-refractivity contribution in [3.05, 3.63) is 48.2 Å². The fraction of sp³-hybridized carbons (Fsp3) is 0.154. The third-order valence-corrected chi connectivity index (χ3v) is 2.90. The standard InChI is InChI=1S/C13H12FN3O/c14-9-3-4-12-11(8-9)16-13(15)17(12)6-5-10-2-1-7-18-10/h1-4,7-8H,5-6H2,(H2,15,16). The number of hydrogen-bond acceptors (Lipinski definition) is 3. The molecule has 4 nitrogen and oxygen atoms in total. The van der Waals surface area contributed by atoms with Crippen LogP contribution in [0.1, 0.15) is 5.76 Å². The summed E-state index contributed by atoms with van der Waals surface area (Å²) >= 11 is 0. The molecule has 5 heteroatoms. The SMILES string of the molecule is Nc1nc2cc(F)ccc2n1CCc1ccco1. The monoisotopic (exact) mass is 245 g/mol. The smallest absolute Gasteiger partial charge is 0.201 e. The molecule has 0 fully saturated rings. The van der Waals surface area contributed by atoms with Crippen LogP contribution < -0.4 is 5.73 Å². The molecule has 2 heterocycles. The number of aromatic nitrogens is 2. The van der Waals surface area contributed by atoms with Crippen LogP contribution in [0.5, 0.6) is 0 Å². The van der Waals surface area contributed by atoms with Gasteiger partial charge in [-0.1, -0.05) is 0 Å². The summed E-state index contributed by atoms with van der Waals surface area (Å²) in [6.07, 6.45) is 2.36. The predicted octanol–water partition coefficient (Wildman–Crippen LogP) is 2.59. The van der Waals surface area contributed by atoms with Crippen molar-refractivity contribution in [1.82, 2.24) is 9.55 Å². The predicted molar refractivity (Wildman–Crippen MR) is 66.5 cm³/mol. The second kappa shape index (κ2) is 4.18. The van der Waals surface area contributed by atoms with E-state index in [4.69, 9.17) is 10.2 Å². The van der Waals surface area contributed by atoms with Gasteiger partial charge in [0.25, 0.3) is 0 Å². The van der Waals surface area contributed by atoms with Crippen molar-refractivity contribution in [3.63, 3.8) is 0 Å². The van der Waals surface area contributed by atoms with E-state index in [-0.39, 0.29) is 5.82 Å². The summed E-state index contributed by atoms with van der Waals surface area (Å²) in [5.41, 5.74) is 7.25. The first-order chi connectivity index (χ1) is 8.74. The summed E-state index contributed by atoms with van der Waals surface area (Å²) in [4.78, 5) is 4.14. The van der Waals surface area contributed by atoms with Crippen LogP contribution in [0.3, 0.4) is 0 Å². The number of halogens is 1. The van der Waals surface area contributed by atoms with Gasteiger partial charge in [-0.15, -0.1) is 0 Å². The Morgan fingerprint density at radius 3 is 3.00 bits per heavy atom. The molecule has 1 aromatic carbocycles. The third kappa shape index (κ3) is 1.84. The van der Waals surface area contributed by atoms with Gasteiger partial charge in [-0.2, -0.15) is 0 Å². The van der Waals surface area contributed by atoms with Gasteiger partial charge >= 0.3 is 0 Å². The molecule has 18 heavy (non-hydrogen) atoms. The number of furan rings is 1. The lowest BCUT2D eigenvalue weighted by atomic mass is 10.3. The van der Waals surface area contributed by atoms with Gasteiger partial charge in [0.15, 0.2) is 0 Å². The van der Waals surface area contributed by atoms with Crippen LogP contribution in [0, 0.1) is 5.82 Å². The molecule has 3 aromatic rings. The highest BCUT2D eigenvalue weighted by Gasteiger charge is 2.09. The number of benzene rings is 1. The van der Waals surface area contributed by atoms with E-state index in [9.17, 15) is 4.39 Å². The van der Waals surface area contributed by atoms with E-state index in [1.54, 1.807) is 12.3 Å². The van der Waals surface area contributed by atoms with Crippen LogP contribution in [-0.4, -0.2) is 9.55 Å². The molecular formula is C13H12FN3O. The van der Waals surface area contributed by atoms with Gasteiger partial charge in [0.2, 0.25) is 5.95 Å². The summed E-state index contributed by atoms with van der Waals surface area (Å²) in [7, 11) is 0.